The molecule has 0 unspecified atom stereocenters. The molecule has 0 bridgehead atoms. The van der Waals surface area contributed by atoms with Crippen LogP contribution in [-0.2, 0) is 16.1 Å². The van der Waals surface area contributed by atoms with Gasteiger partial charge in [-0.2, -0.15) is 0 Å². The number of esters is 1. The van der Waals surface area contributed by atoms with Crippen LogP contribution < -0.4 is 9.47 Å². The fraction of sp³-hybridized carbons (Fsp3) is 0.154. The number of cyclic esters (lactones) is 1. The lowest BCUT2D eigenvalue weighted by Gasteiger charge is -2.15. The molecule has 10 heteroatoms. The van der Waals surface area contributed by atoms with E-state index in [-0.39, 0.29) is 17.3 Å². The van der Waals surface area contributed by atoms with Gasteiger partial charge in [-0.05, 0) is 94.9 Å². The highest BCUT2D eigenvalue weighted by atomic mass is 127. The molecule has 0 saturated carbocycles. The number of halogens is 2. The zero-order chi connectivity index (χ0) is 25.8. The summed E-state index contributed by atoms with van der Waals surface area (Å²) in [5, 5.41) is 11.3. The summed E-state index contributed by atoms with van der Waals surface area (Å²) in [6, 6.07) is 16.2. The lowest BCUT2D eigenvalue weighted by atomic mass is 10.1. The number of aryl methyl sites for hydroxylation is 1. The van der Waals surface area contributed by atoms with E-state index in [4.69, 9.17) is 14.2 Å². The van der Waals surface area contributed by atoms with Crippen molar-refractivity contribution in [3.05, 3.63) is 99.8 Å². The van der Waals surface area contributed by atoms with E-state index in [0.717, 1.165) is 12.7 Å². The van der Waals surface area contributed by atoms with Gasteiger partial charge in [-0.1, -0.05) is 24.3 Å². The number of nitro groups is 1. The second-order valence-corrected chi connectivity index (χ2v) is 10.1. The number of benzene rings is 3. The van der Waals surface area contributed by atoms with Crippen LogP contribution in [0.15, 0.2) is 65.3 Å². The van der Waals surface area contributed by atoms with E-state index in [1.807, 2.05) is 37.3 Å². The van der Waals surface area contributed by atoms with Crippen LogP contribution in [0.5, 0.6) is 11.5 Å². The average Bonchev–Trinajstić information content (AvgIpc) is 3.20. The van der Waals surface area contributed by atoms with Crippen LogP contribution >= 0.6 is 45.2 Å². The molecule has 0 radical (unpaired) electrons. The number of nitro benzene ring substituents is 1. The molecule has 0 N–H and O–H groups in total. The van der Waals surface area contributed by atoms with Crippen LogP contribution in [0.4, 0.5) is 5.69 Å². The second-order valence-electron chi connectivity index (χ2n) is 7.74. The van der Waals surface area contributed by atoms with Crippen LogP contribution in [0.1, 0.15) is 29.2 Å². The maximum Gasteiger partial charge on any atom is 0.363 e. The molecule has 0 fully saturated rings. The number of carbonyl (C=O) groups excluding carboxylic acids is 1. The first kappa shape index (κ1) is 26.1. The molecule has 0 amide bonds. The van der Waals surface area contributed by atoms with Gasteiger partial charge in [0.25, 0.3) is 5.69 Å². The summed E-state index contributed by atoms with van der Waals surface area (Å²) >= 11 is 4.44. The summed E-state index contributed by atoms with van der Waals surface area (Å²) in [6.07, 6.45) is 1.59. The third kappa shape index (κ3) is 5.86. The fourth-order valence-electron chi connectivity index (χ4n) is 3.47. The van der Waals surface area contributed by atoms with Crippen molar-refractivity contribution in [3.8, 4) is 11.5 Å². The maximum absolute atomic E-state index is 12.5. The van der Waals surface area contributed by atoms with Gasteiger partial charge in [-0.3, -0.25) is 10.1 Å². The highest BCUT2D eigenvalue weighted by molar-refractivity contribution is 14.1. The molecule has 1 aliphatic heterocycles. The molecule has 8 nitrogen and oxygen atoms in total. The van der Waals surface area contributed by atoms with Crippen molar-refractivity contribution in [2.75, 3.05) is 6.61 Å². The van der Waals surface area contributed by atoms with Crippen LogP contribution in [0.25, 0.3) is 6.08 Å². The number of aliphatic imine (C=N–C) groups is 1. The lowest BCUT2D eigenvalue weighted by molar-refractivity contribution is -0.385. The molecule has 36 heavy (non-hydrogen) atoms. The predicted octanol–water partition coefficient (Wildman–Crippen LogP) is 6.43. The lowest BCUT2D eigenvalue weighted by Crippen LogP contribution is -2.06. The van der Waals surface area contributed by atoms with Crippen LogP contribution in [-0.4, -0.2) is 23.4 Å². The molecule has 0 atom stereocenters. The molecule has 0 aliphatic carbocycles. The molecule has 1 heterocycles. The zero-order valence-corrected chi connectivity index (χ0v) is 23.6. The Labute approximate surface area is 234 Å². The molecule has 0 saturated heterocycles. The topological polar surface area (TPSA) is 100 Å². The van der Waals surface area contributed by atoms with Crippen molar-refractivity contribution >= 4 is 68.8 Å². The molecule has 3 aromatic carbocycles. The van der Waals surface area contributed by atoms with E-state index in [1.54, 1.807) is 31.2 Å². The minimum absolute atomic E-state index is 0.0199. The molecular formula is C26H20I2N2O6. The second kappa shape index (κ2) is 11.4. The van der Waals surface area contributed by atoms with Crippen LogP contribution in [0, 0.1) is 24.2 Å². The number of rotatable bonds is 8. The summed E-state index contributed by atoms with van der Waals surface area (Å²) in [5.41, 5.74) is 2.62. The summed E-state index contributed by atoms with van der Waals surface area (Å²) in [6.45, 7) is 4.35. The number of nitrogens with zero attached hydrogens (tertiary/aromatic N) is 2. The number of carbonyl (C=O) groups is 1. The Kier molecular flexibility index (Phi) is 8.24. The highest BCUT2D eigenvalue weighted by Gasteiger charge is 2.26. The SMILES string of the molecule is CCOc1cc(/C=C2\N=C(c3ccc(C)c([N+](=O)[O-])c3)OC2=O)cc(I)c1OCc1ccccc1I. The molecule has 0 spiro atoms. The van der Waals surface area contributed by atoms with E-state index in [0.29, 0.717) is 41.4 Å². The molecule has 4 rings (SSSR count). The van der Waals surface area contributed by atoms with Gasteiger partial charge in [0.05, 0.1) is 15.1 Å². The smallest absolute Gasteiger partial charge is 0.363 e. The number of hydrogen-bond donors (Lipinski definition) is 0. The minimum Gasteiger partial charge on any atom is -0.490 e. The predicted molar refractivity (Wildman–Crippen MR) is 152 cm³/mol. The first-order chi connectivity index (χ1) is 17.3. The van der Waals surface area contributed by atoms with Gasteiger partial charge >= 0.3 is 5.97 Å². The number of ether oxygens (including phenoxy) is 3. The van der Waals surface area contributed by atoms with Crippen molar-refractivity contribution < 1.29 is 23.9 Å². The van der Waals surface area contributed by atoms with Crippen molar-refractivity contribution in [3.63, 3.8) is 0 Å². The van der Waals surface area contributed by atoms with Crippen molar-refractivity contribution in [2.45, 2.75) is 20.5 Å². The van der Waals surface area contributed by atoms with Crippen molar-refractivity contribution in [1.82, 2.24) is 0 Å². The fourth-order valence-corrected chi connectivity index (χ4v) is 4.79. The first-order valence-corrected chi connectivity index (χ1v) is 13.0. The van der Waals surface area contributed by atoms with E-state index >= 15 is 0 Å². The van der Waals surface area contributed by atoms with Crippen LogP contribution in [0.3, 0.4) is 0 Å². The average molecular weight is 710 g/mol. The summed E-state index contributed by atoms with van der Waals surface area (Å²) in [4.78, 5) is 27.6. The van der Waals surface area contributed by atoms with Gasteiger partial charge in [0.1, 0.15) is 6.61 Å². The van der Waals surface area contributed by atoms with E-state index < -0.39 is 10.9 Å². The van der Waals surface area contributed by atoms with Gasteiger partial charge in [0, 0.05) is 26.3 Å². The van der Waals surface area contributed by atoms with E-state index in [9.17, 15) is 14.9 Å². The Morgan fingerprint density at radius 3 is 2.58 bits per heavy atom. The Hall–Kier alpha value is -3.00. The molecule has 3 aromatic rings. The molecular weight excluding hydrogens is 690 g/mol. The molecule has 184 valence electrons. The Morgan fingerprint density at radius 1 is 1.08 bits per heavy atom. The minimum atomic E-state index is -0.639. The van der Waals surface area contributed by atoms with Gasteiger partial charge in [-0.15, -0.1) is 0 Å². The van der Waals surface area contributed by atoms with Crippen LogP contribution in [0.2, 0.25) is 0 Å². The normalized spacial score (nSPS) is 13.9. The Bertz CT molecular complexity index is 1420. The third-order valence-corrected chi connectivity index (χ3v) is 7.09. The Balaban J connectivity index is 1.63. The van der Waals surface area contributed by atoms with E-state index in [2.05, 4.69) is 50.2 Å². The van der Waals surface area contributed by atoms with Gasteiger partial charge in [-0.25, -0.2) is 9.79 Å². The standard InChI is InChI=1S/C26H20I2N2O6/c1-3-34-23-12-16(10-20(28)24(23)35-14-18-6-4-5-7-19(18)27)11-21-26(31)36-25(29-21)17-9-8-15(2)22(13-17)30(32)33/h4-13H,3,14H2,1-2H3/b21-11-. The quantitative estimate of drug-likeness (QED) is 0.0879. The summed E-state index contributed by atoms with van der Waals surface area (Å²) in [5.74, 6) is 0.544. The van der Waals surface area contributed by atoms with Gasteiger partial charge in [0.2, 0.25) is 5.90 Å². The highest BCUT2D eigenvalue weighted by Crippen LogP contribution is 2.36. The van der Waals surface area contributed by atoms with Crippen molar-refractivity contribution in [2.24, 2.45) is 4.99 Å². The number of hydrogen-bond acceptors (Lipinski definition) is 7. The summed E-state index contributed by atoms with van der Waals surface area (Å²) < 4.78 is 19.2. The largest absolute Gasteiger partial charge is 0.490 e. The monoisotopic (exact) mass is 710 g/mol. The van der Waals surface area contributed by atoms with Gasteiger partial charge < -0.3 is 14.2 Å². The maximum atomic E-state index is 12.5. The van der Waals surface area contributed by atoms with Crippen molar-refractivity contribution in [1.29, 1.82) is 0 Å². The summed E-state index contributed by atoms with van der Waals surface area (Å²) in [7, 11) is 0. The zero-order valence-electron chi connectivity index (χ0n) is 19.3. The van der Waals surface area contributed by atoms with Gasteiger partial charge in [0.15, 0.2) is 17.2 Å². The molecule has 0 aromatic heterocycles. The Morgan fingerprint density at radius 2 is 1.86 bits per heavy atom. The molecule has 1 aliphatic rings. The first-order valence-electron chi connectivity index (χ1n) is 10.9. The van der Waals surface area contributed by atoms with E-state index in [1.165, 1.54) is 6.07 Å². The third-order valence-electron chi connectivity index (χ3n) is 5.24.